The first kappa shape index (κ1) is 16.5. The van der Waals surface area contributed by atoms with Crippen LogP contribution in [0.5, 0.6) is 0 Å². The van der Waals surface area contributed by atoms with Gasteiger partial charge in [0.2, 0.25) is 0 Å². The SMILES string of the molecule is CCNC(Cc1ccc(C)cc1Cl)c1ccc(Br)cc1C. The molecule has 1 nitrogen and oxygen atoms in total. The molecule has 0 aromatic heterocycles. The zero-order valence-corrected chi connectivity index (χ0v) is 15.1. The second kappa shape index (κ2) is 7.44. The summed E-state index contributed by atoms with van der Waals surface area (Å²) < 4.78 is 1.12. The smallest absolute Gasteiger partial charge is 0.0441 e. The monoisotopic (exact) mass is 365 g/mol. The summed E-state index contributed by atoms with van der Waals surface area (Å²) in [6.45, 7) is 7.29. The fourth-order valence-corrected chi connectivity index (χ4v) is 3.39. The maximum atomic E-state index is 6.39. The molecule has 1 unspecified atom stereocenters. The number of hydrogen-bond donors (Lipinski definition) is 1. The number of rotatable bonds is 5. The van der Waals surface area contributed by atoms with Crippen LogP contribution in [0.4, 0.5) is 0 Å². The van der Waals surface area contributed by atoms with Gasteiger partial charge in [0.15, 0.2) is 0 Å². The molecule has 1 N–H and O–H groups in total. The van der Waals surface area contributed by atoms with Gasteiger partial charge in [-0.25, -0.2) is 0 Å². The quantitative estimate of drug-likeness (QED) is 0.725. The molecule has 2 rings (SSSR count). The van der Waals surface area contributed by atoms with Crippen LogP contribution in [-0.4, -0.2) is 6.54 Å². The maximum Gasteiger partial charge on any atom is 0.0441 e. The lowest BCUT2D eigenvalue weighted by atomic mass is 9.95. The van der Waals surface area contributed by atoms with Crippen molar-refractivity contribution in [2.45, 2.75) is 33.2 Å². The second-order valence-electron chi connectivity index (χ2n) is 5.41. The first-order valence-electron chi connectivity index (χ1n) is 7.25. The average molecular weight is 367 g/mol. The van der Waals surface area contributed by atoms with Gasteiger partial charge >= 0.3 is 0 Å². The Hall–Kier alpha value is -0.830. The fraction of sp³-hybridized carbons (Fsp3) is 0.333. The predicted octanol–water partition coefficient (Wildman–Crippen LogP) is 5.61. The summed E-state index contributed by atoms with van der Waals surface area (Å²) in [6, 6.07) is 13.0. The molecule has 0 saturated heterocycles. The summed E-state index contributed by atoms with van der Waals surface area (Å²) in [5.74, 6) is 0. The van der Waals surface area contributed by atoms with Crippen LogP contribution in [0.3, 0.4) is 0 Å². The molecule has 0 fully saturated rings. The predicted molar refractivity (Wildman–Crippen MR) is 95.2 cm³/mol. The van der Waals surface area contributed by atoms with Crippen LogP contribution in [0, 0.1) is 13.8 Å². The first-order chi connectivity index (χ1) is 10.0. The highest BCUT2D eigenvalue weighted by molar-refractivity contribution is 9.10. The lowest BCUT2D eigenvalue weighted by Gasteiger charge is -2.21. The van der Waals surface area contributed by atoms with E-state index in [9.17, 15) is 0 Å². The third-order valence-corrected chi connectivity index (χ3v) is 4.54. The van der Waals surface area contributed by atoms with Gasteiger partial charge in [0.1, 0.15) is 0 Å². The van der Waals surface area contributed by atoms with Crippen LogP contribution in [0.25, 0.3) is 0 Å². The van der Waals surface area contributed by atoms with E-state index in [4.69, 9.17) is 11.6 Å². The van der Waals surface area contributed by atoms with Crippen LogP contribution in [0.15, 0.2) is 40.9 Å². The number of halogens is 2. The third kappa shape index (κ3) is 4.32. The third-order valence-electron chi connectivity index (χ3n) is 3.69. The molecule has 0 saturated carbocycles. The van der Waals surface area contributed by atoms with E-state index in [1.807, 2.05) is 6.07 Å². The molecule has 2 aromatic rings. The van der Waals surface area contributed by atoms with Gasteiger partial charge in [-0.15, -0.1) is 0 Å². The zero-order chi connectivity index (χ0) is 15.4. The molecule has 0 spiro atoms. The van der Waals surface area contributed by atoms with Crippen LogP contribution in [0.1, 0.15) is 35.2 Å². The van der Waals surface area contributed by atoms with Gasteiger partial charge in [0.05, 0.1) is 0 Å². The number of hydrogen-bond acceptors (Lipinski definition) is 1. The summed E-state index contributed by atoms with van der Waals surface area (Å²) in [6.07, 6.45) is 0.898. The van der Waals surface area contributed by atoms with Crippen LogP contribution < -0.4 is 5.32 Å². The Labute approximate surface area is 140 Å². The lowest BCUT2D eigenvalue weighted by Crippen LogP contribution is -2.23. The van der Waals surface area contributed by atoms with Gasteiger partial charge in [0.25, 0.3) is 0 Å². The van der Waals surface area contributed by atoms with Crippen LogP contribution in [-0.2, 0) is 6.42 Å². The molecule has 0 aliphatic carbocycles. The lowest BCUT2D eigenvalue weighted by molar-refractivity contribution is 0.547. The Kier molecular flexibility index (Phi) is 5.86. The summed E-state index contributed by atoms with van der Waals surface area (Å²) in [4.78, 5) is 0. The highest BCUT2D eigenvalue weighted by Crippen LogP contribution is 2.27. The summed E-state index contributed by atoms with van der Waals surface area (Å²) in [5.41, 5.74) is 5.01. The molecule has 112 valence electrons. The van der Waals surface area contributed by atoms with Crippen molar-refractivity contribution in [2.24, 2.45) is 0 Å². The summed E-state index contributed by atoms with van der Waals surface area (Å²) in [5, 5.41) is 4.43. The van der Waals surface area contributed by atoms with Gasteiger partial charge in [-0.1, -0.05) is 52.7 Å². The van der Waals surface area contributed by atoms with Crippen molar-refractivity contribution in [2.75, 3.05) is 6.54 Å². The van der Waals surface area contributed by atoms with E-state index in [1.54, 1.807) is 0 Å². The molecule has 2 aromatic carbocycles. The normalized spacial score (nSPS) is 12.4. The van der Waals surface area contributed by atoms with E-state index in [0.29, 0.717) is 0 Å². The summed E-state index contributed by atoms with van der Waals surface area (Å²) >= 11 is 9.92. The highest BCUT2D eigenvalue weighted by atomic mass is 79.9. The van der Waals surface area contributed by atoms with Crippen LogP contribution in [0.2, 0.25) is 5.02 Å². The Morgan fingerprint density at radius 3 is 2.52 bits per heavy atom. The number of benzene rings is 2. The van der Waals surface area contributed by atoms with E-state index in [-0.39, 0.29) is 6.04 Å². The minimum atomic E-state index is 0.281. The van der Waals surface area contributed by atoms with Crippen molar-refractivity contribution in [3.05, 3.63) is 68.1 Å². The molecule has 0 amide bonds. The minimum absolute atomic E-state index is 0.281. The van der Waals surface area contributed by atoms with E-state index < -0.39 is 0 Å². The van der Waals surface area contributed by atoms with Crippen molar-refractivity contribution in [1.82, 2.24) is 5.32 Å². The standard InChI is InChI=1S/C18H21BrClN/c1-4-21-18(16-8-7-15(19)10-13(16)3)11-14-6-5-12(2)9-17(14)20/h5-10,18,21H,4,11H2,1-3H3. The highest BCUT2D eigenvalue weighted by Gasteiger charge is 2.15. The molecule has 3 heteroatoms. The van der Waals surface area contributed by atoms with E-state index in [2.05, 4.69) is 72.3 Å². The molecule has 1 atom stereocenters. The second-order valence-corrected chi connectivity index (χ2v) is 6.73. The largest absolute Gasteiger partial charge is 0.310 e. The van der Waals surface area contributed by atoms with E-state index in [1.165, 1.54) is 22.3 Å². The van der Waals surface area contributed by atoms with Crippen molar-refractivity contribution >= 4 is 27.5 Å². The molecular formula is C18H21BrClN. The Balaban J connectivity index is 2.30. The fourth-order valence-electron chi connectivity index (χ4n) is 2.61. The van der Waals surface area contributed by atoms with Crippen molar-refractivity contribution < 1.29 is 0 Å². The van der Waals surface area contributed by atoms with Gasteiger partial charge in [-0.05, 0) is 67.3 Å². The van der Waals surface area contributed by atoms with E-state index >= 15 is 0 Å². The number of aryl methyl sites for hydroxylation is 2. The van der Waals surface area contributed by atoms with Gasteiger partial charge in [0, 0.05) is 15.5 Å². The van der Waals surface area contributed by atoms with Gasteiger partial charge in [-0.2, -0.15) is 0 Å². The molecule has 0 aliphatic rings. The van der Waals surface area contributed by atoms with Crippen LogP contribution >= 0.6 is 27.5 Å². The molecule has 0 heterocycles. The minimum Gasteiger partial charge on any atom is -0.310 e. The molecule has 0 bridgehead atoms. The Morgan fingerprint density at radius 1 is 1.14 bits per heavy atom. The zero-order valence-electron chi connectivity index (χ0n) is 12.7. The molecule has 0 radical (unpaired) electrons. The maximum absolute atomic E-state index is 6.39. The van der Waals surface area contributed by atoms with Crippen molar-refractivity contribution in [3.63, 3.8) is 0 Å². The Morgan fingerprint density at radius 2 is 1.90 bits per heavy atom. The summed E-state index contributed by atoms with van der Waals surface area (Å²) in [7, 11) is 0. The Bertz CT molecular complexity index is 625. The molecule has 21 heavy (non-hydrogen) atoms. The van der Waals surface area contributed by atoms with Gasteiger partial charge in [-0.3, -0.25) is 0 Å². The number of likely N-dealkylation sites (N-methyl/N-ethyl adjacent to an activating group) is 1. The topological polar surface area (TPSA) is 12.0 Å². The van der Waals surface area contributed by atoms with E-state index in [0.717, 1.165) is 22.5 Å². The molecule has 0 aliphatic heterocycles. The average Bonchev–Trinajstić information content (AvgIpc) is 2.41. The van der Waals surface area contributed by atoms with Crippen molar-refractivity contribution in [3.8, 4) is 0 Å². The van der Waals surface area contributed by atoms with Crippen molar-refractivity contribution in [1.29, 1.82) is 0 Å². The molecular weight excluding hydrogens is 346 g/mol. The van der Waals surface area contributed by atoms with Gasteiger partial charge < -0.3 is 5.32 Å². The number of nitrogens with one attached hydrogen (secondary N) is 1. The first-order valence-corrected chi connectivity index (χ1v) is 8.42.